The van der Waals surface area contributed by atoms with E-state index in [1.165, 1.54) is 12.8 Å². The van der Waals surface area contributed by atoms with Gasteiger partial charge in [0.25, 0.3) is 0 Å². The standard InChI is InChI=1S/C15H21BrN2O.ClH/c1-3-18(10-11-4-5-11)14(19)15(2,17)12-6-8-13(16)9-7-12;/h6-9,11H,3-5,10,17H2,1-2H3;1H. The molecule has 3 nitrogen and oxygen atoms in total. The average Bonchev–Trinajstić information content (AvgIpc) is 3.19. The van der Waals surface area contributed by atoms with Crippen LogP contribution in [0, 0.1) is 5.92 Å². The van der Waals surface area contributed by atoms with Gasteiger partial charge < -0.3 is 10.6 Å². The van der Waals surface area contributed by atoms with E-state index < -0.39 is 5.54 Å². The zero-order valence-corrected chi connectivity index (χ0v) is 14.3. The molecule has 0 saturated heterocycles. The van der Waals surface area contributed by atoms with E-state index >= 15 is 0 Å². The van der Waals surface area contributed by atoms with Crippen molar-refractivity contribution >= 4 is 34.2 Å². The SMILES string of the molecule is CCN(CC1CC1)C(=O)C(C)(N)c1ccc(Br)cc1.Cl. The minimum atomic E-state index is -0.953. The second kappa shape index (κ2) is 6.92. The van der Waals surface area contributed by atoms with Crippen LogP contribution in [0.5, 0.6) is 0 Å². The monoisotopic (exact) mass is 360 g/mol. The summed E-state index contributed by atoms with van der Waals surface area (Å²) >= 11 is 3.40. The largest absolute Gasteiger partial charge is 0.341 e. The predicted molar refractivity (Wildman–Crippen MR) is 87.9 cm³/mol. The van der Waals surface area contributed by atoms with Gasteiger partial charge in [0.05, 0.1) is 0 Å². The van der Waals surface area contributed by atoms with Gasteiger partial charge in [0, 0.05) is 17.6 Å². The number of carbonyl (C=O) groups excluding carboxylic acids is 1. The van der Waals surface area contributed by atoms with E-state index in [0.29, 0.717) is 5.92 Å². The van der Waals surface area contributed by atoms with Crippen molar-refractivity contribution < 1.29 is 4.79 Å². The number of hydrogen-bond acceptors (Lipinski definition) is 2. The fraction of sp³-hybridized carbons (Fsp3) is 0.533. The molecule has 1 aliphatic carbocycles. The van der Waals surface area contributed by atoms with Crippen LogP contribution in [-0.4, -0.2) is 23.9 Å². The summed E-state index contributed by atoms with van der Waals surface area (Å²) in [6.07, 6.45) is 2.48. The molecule has 0 aliphatic heterocycles. The van der Waals surface area contributed by atoms with Gasteiger partial charge in [-0.15, -0.1) is 12.4 Å². The number of rotatable bonds is 5. The molecule has 1 aromatic rings. The lowest BCUT2D eigenvalue weighted by molar-refractivity contribution is -0.136. The molecule has 0 bridgehead atoms. The minimum Gasteiger partial charge on any atom is -0.341 e. The predicted octanol–water partition coefficient (Wildman–Crippen LogP) is 3.30. The zero-order valence-electron chi connectivity index (χ0n) is 11.9. The van der Waals surface area contributed by atoms with Crippen molar-refractivity contribution in [2.24, 2.45) is 11.7 Å². The zero-order chi connectivity index (χ0) is 14.0. The summed E-state index contributed by atoms with van der Waals surface area (Å²) in [4.78, 5) is 14.5. The molecule has 2 rings (SSSR count). The van der Waals surface area contributed by atoms with E-state index in [1.807, 2.05) is 36.1 Å². The van der Waals surface area contributed by atoms with E-state index in [9.17, 15) is 4.79 Å². The maximum absolute atomic E-state index is 12.6. The second-order valence-corrected chi connectivity index (χ2v) is 6.41. The molecule has 1 aromatic carbocycles. The van der Waals surface area contributed by atoms with Crippen molar-refractivity contribution in [3.63, 3.8) is 0 Å². The summed E-state index contributed by atoms with van der Waals surface area (Å²) in [5.41, 5.74) is 6.20. The fourth-order valence-corrected chi connectivity index (χ4v) is 2.48. The fourth-order valence-electron chi connectivity index (χ4n) is 2.22. The summed E-state index contributed by atoms with van der Waals surface area (Å²) in [5.74, 6) is 0.703. The van der Waals surface area contributed by atoms with Crippen LogP contribution in [0.2, 0.25) is 0 Å². The summed E-state index contributed by atoms with van der Waals surface area (Å²) in [5, 5.41) is 0. The Hall–Kier alpha value is -0.580. The number of nitrogens with two attached hydrogens (primary N) is 1. The quantitative estimate of drug-likeness (QED) is 0.874. The first-order valence-corrected chi connectivity index (χ1v) is 7.58. The maximum atomic E-state index is 12.6. The number of likely N-dealkylation sites (N-methyl/N-ethyl adjacent to an activating group) is 1. The van der Waals surface area contributed by atoms with Crippen LogP contribution < -0.4 is 5.73 Å². The third-order valence-electron chi connectivity index (χ3n) is 3.73. The minimum absolute atomic E-state index is 0. The summed E-state index contributed by atoms with van der Waals surface area (Å²) in [7, 11) is 0. The van der Waals surface area contributed by atoms with Crippen LogP contribution >= 0.6 is 28.3 Å². The number of carbonyl (C=O) groups is 1. The first-order valence-electron chi connectivity index (χ1n) is 6.79. The molecule has 5 heteroatoms. The number of hydrogen-bond donors (Lipinski definition) is 1. The third kappa shape index (κ3) is 3.96. The summed E-state index contributed by atoms with van der Waals surface area (Å²) in [6, 6.07) is 7.66. The Morgan fingerprint density at radius 3 is 2.40 bits per heavy atom. The Bertz CT molecular complexity index is 457. The lowest BCUT2D eigenvalue weighted by Crippen LogP contribution is -2.51. The van der Waals surface area contributed by atoms with Gasteiger partial charge in [-0.25, -0.2) is 0 Å². The Labute approximate surface area is 135 Å². The van der Waals surface area contributed by atoms with Gasteiger partial charge in [-0.3, -0.25) is 4.79 Å². The van der Waals surface area contributed by atoms with Crippen molar-refractivity contribution in [2.75, 3.05) is 13.1 Å². The van der Waals surface area contributed by atoms with Crippen molar-refractivity contribution in [1.82, 2.24) is 4.90 Å². The first kappa shape index (κ1) is 17.5. The van der Waals surface area contributed by atoms with Crippen molar-refractivity contribution in [3.8, 4) is 0 Å². The molecule has 1 amide bonds. The topological polar surface area (TPSA) is 46.3 Å². The van der Waals surface area contributed by atoms with Gasteiger partial charge in [-0.05, 0) is 50.3 Å². The first-order chi connectivity index (χ1) is 8.95. The molecule has 112 valence electrons. The molecular formula is C15H22BrClN2O. The molecular weight excluding hydrogens is 340 g/mol. The molecule has 1 aliphatic rings. The molecule has 2 N–H and O–H groups in total. The lowest BCUT2D eigenvalue weighted by atomic mass is 9.91. The normalized spacial score (nSPS) is 17.0. The number of halogens is 2. The summed E-state index contributed by atoms with van der Waals surface area (Å²) < 4.78 is 0.991. The van der Waals surface area contributed by atoms with Crippen LogP contribution in [0.4, 0.5) is 0 Å². The van der Waals surface area contributed by atoms with Crippen LogP contribution in [0.15, 0.2) is 28.7 Å². The van der Waals surface area contributed by atoms with E-state index in [4.69, 9.17) is 5.73 Å². The van der Waals surface area contributed by atoms with Crippen LogP contribution in [0.25, 0.3) is 0 Å². The van der Waals surface area contributed by atoms with E-state index in [-0.39, 0.29) is 18.3 Å². The molecule has 0 aromatic heterocycles. The van der Waals surface area contributed by atoms with Crippen molar-refractivity contribution in [2.45, 2.75) is 32.2 Å². The highest BCUT2D eigenvalue weighted by molar-refractivity contribution is 9.10. The third-order valence-corrected chi connectivity index (χ3v) is 4.26. The maximum Gasteiger partial charge on any atom is 0.246 e. The van der Waals surface area contributed by atoms with Crippen LogP contribution in [-0.2, 0) is 10.3 Å². The van der Waals surface area contributed by atoms with E-state index in [0.717, 1.165) is 23.1 Å². The highest BCUT2D eigenvalue weighted by Gasteiger charge is 2.36. The van der Waals surface area contributed by atoms with Gasteiger partial charge in [0.15, 0.2) is 0 Å². The summed E-state index contributed by atoms with van der Waals surface area (Å²) in [6.45, 7) is 5.38. The van der Waals surface area contributed by atoms with Crippen LogP contribution in [0.1, 0.15) is 32.3 Å². The van der Waals surface area contributed by atoms with Gasteiger partial charge in [-0.1, -0.05) is 28.1 Å². The molecule has 1 saturated carbocycles. The highest BCUT2D eigenvalue weighted by Crippen LogP contribution is 2.31. The molecule has 1 fully saturated rings. The number of amides is 1. The van der Waals surface area contributed by atoms with Crippen molar-refractivity contribution in [3.05, 3.63) is 34.3 Å². The van der Waals surface area contributed by atoms with E-state index in [2.05, 4.69) is 15.9 Å². The Kier molecular flexibility index (Phi) is 6.05. The highest BCUT2D eigenvalue weighted by atomic mass is 79.9. The lowest BCUT2D eigenvalue weighted by Gasteiger charge is -2.31. The van der Waals surface area contributed by atoms with E-state index in [1.54, 1.807) is 6.92 Å². The van der Waals surface area contributed by atoms with Crippen molar-refractivity contribution in [1.29, 1.82) is 0 Å². The average molecular weight is 362 g/mol. The molecule has 20 heavy (non-hydrogen) atoms. The molecule has 0 heterocycles. The van der Waals surface area contributed by atoms with Crippen LogP contribution in [0.3, 0.4) is 0 Å². The van der Waals surface area contributed by atoms with Gasteiger partial charge in [0.2, 0.25) is 5.91 Å². The Balaban J connectivity index is 0.00000200. The Morgan fingerprint density at radius 1 is 1.40 bits per heavy atom. The van der Waals surface area contributed by atoms with Gasteiger partial charge >= 0.3 is 0 Å². The van der Waals surface area contributed by atoms with Gasteiger partial charge in [0.1, 0.15) is 5.54 Å². The number of benzene rings is 1. The Morgan fingerprint density at radius 2 is 1.95 bits per heavy atom. The molecule has 0 spiro atoms. The van der Waals surface area contributed by atoms with Gasteiger partial charge in [-0.2, -0.15) is 0 Å². The molecule has 0 radical (unpaired) electrons. The molecule has 1 unspecified atom stereocenters. The number of nitrogens with zero attached hydrogens (tertiary/aromatic N) is 1. The smallest absolute Gasteiger partial charge is 0.246 e. The molecule has 1 atom stereocenters. The second-order valence-electron chi connectivity index (χ2n) is 5.50.